The van der Waals surface area contributed by atoms with Gasteiger partial charge in [-0.15, -0.1) is 0 Å². The molecule has 0 saturated heterocycles. The highest BCUT2D eigenvalue weighted by molar-refractivity contribution is 5.19. The van der Waals surface area contributed by atoms with Crippen LogP contribution in [0.2, 0.25) is 0 Å². The van der Waals surface area contributed by atoms with Gasteiger partial charge in [-0.2, -0.15) is 13.2 Å². The number of benzene rings is 1. The summed E-state index contributed by atoms with van der Waals surface area (Å²) < 4.78 is 36.4. The van der Waals surface area contributed by atoms with Crippen molar-refractivity contribution in [1.29, 1.82) is 0 Å². The van der Waals surface area contributed by atoms with Crippen molar-refractivity contribution in [2.75, 3.05) is 0 Å². The lowest BCUT2D eigenvalue weighted by Crippen LogP contribution is -2.17. The van der Waals surface area contributed by atoms with Gasteiger partial charge in [-0.05, 0) is 18.6 Å². The molecule has 1 rings (SSSR count). The van der Waals surface area contributed by atoms with E-state index in [2.05, 4.69) is 6.07 Å². The van der Waals surface area contributed by atoms with Crippen molar-refractivity contribution < 1.29 is 13.2 Å². The van der Waals surface area contributed by atoms with Crippen LogP contribution in [-0.4, -0.2) is 6.18 Å². The number of hydrogen-bond donors (Lipinski definition) is 0. The largest absolute Gasteiger partial charge is 0.395 e. The van der Waals surface area contributed by atoms with Crippen LogP contribution in [0.15, 0.2) is 24.3 Å². The third-order valence-electron chi connectivity index (χ3n) is 1.72. The summed E-state index contributed by atoms with van der Waals surface area (Å²) in [6.45, 7) is 1.14. The normalized spacial score (nSPS) is 14.3. The van der Waals surface area contributed by atoms with E-state index in [1.165, 1.54) is 12.1 Å². The smallest absolute Gasteiger partial charge is 0.170 e. The van der Waals surface area contributed by atoms with Crippen LogP contribution < -0.4 is 0 Å². The minimum atomic E-state index is -4.16. The van der Waals surface area contributed by atoms with Crippen LogP contribution in [0.3, 0.4) is 0 Å². The van der Waals surface area contributed by atoms with Crippen LogP contribution in [0.25, 0.3) is 0 Å². The summed E-state index contributed by atoms with van der Waals surface area (Å²) in [6, 6.07) is 8.56. The highest BCUT2D eigenvalue weighted by atomic mass is 19.4. The zero-order valence-electron chi connectivity index (χ0n) is 6.52. The number of halogens is 3. The van der Waals surface area contributed by atoms with Crippen molar-refractivity contribution in [3.05, 3.63) is 35.9 Å². The van der Waals surface area contributed by atoms with Gasteiger partial charge in [-0.25, -0.2) is 0 Å². The first-order valence-corrected chi connectivity index (χ1v) is 3.54. The van der Waals surface area contributed by atoms with Crippen LogP contribution in [0.1, 0.15) is 18.4 Å². The second-order valence-corrected chi connectivity index (χ2v) is 2.60. The fourth-order valence-electron chi connectivity index (χ4n) is 0.866. The maximum absolute atomic E-state index is 12.1. The second kappa shape index (κ2) is 3.17. The molecule has 0 saturated carbocycles. The highest BCUT2D eigenvalue weighted by Gasteiger charge is 2.36. The predicted molar refractivity (Wildman–Crippen MR) is 39.7 cm³/mol. The third-order valence-corrected chi connectivity index (χ3v) is 1.72. The summed E-state index contributed by atoms with van der Waals surface area (Å²) in [5.41, 5.74) is 0.255. The molecule has 12 heavy (non-hydrogen) atoms. The topological polar surface area (TPSA) is 0 Å². The predicted octanol–water partition coefficient (Wildman–Crippen LogP) is 3.15. The van der Waals surface area contributed by atoms with Gasteiger partial charge in [0.25, 0.3) is 0 Å². The summed E-state index contributed by atoms with van der Waals surface area (Å²) in [5, 5.41) is 0. The quantitative estimate of drug-likeness (QED) is 0.612. The Morgan fingerprint density at radius 3 is 2.50 bits per heavy atom. The average molecular weight is 173 g/mol. The Morgan fingerprint density at radius 2 is 2.08 bits per heavy atom. The molecule has 1 atom stereocenters. The molecule has 0 bridgehead atoms. The third kappa shape index (κ3) is 2.00. The first-order valence-electron chi connectivity index (χ1n) is 3.54. The van der Waals surface area contributed by atoms with Gasteiger partial charge in [0, 0.05) is 0 Å². The van der Waals surface area contributed by atoms with E-state index in [-0.39, 0.29) is 5.56 Å². The van der Waals surface area contributed by atoms with E-state index < -0.39 is 12.1 Å². The molecule has 0 fully saturated rings. The minimum absolute atomic E-state index is 0.255. The van der Waals surface area contributed by atoms with Crippen LogP contribution in [-0.2, 0) is 0 Å². The molecule has 0 amide bonds. The van der Waals surface area contributed by atoms with E-state index in [0.29, 0.717) is 0 Å². The fourth-order valence-corrected chi connectivity index (χ4v) is 0.866. The van der Waals surface area contributed by atoms with E-state index in [1.54, 1.807) is 12.1 Å². The summed E-state index contributed by atoms with van der Waals surface area (Å²) in [5.74, 6) is -1.41. The van der Waals surface area contributed by atoms with Crippen molar-refractivity contribution in [3.63, 3.8) is 0 Å². The Bertz CT molecular complexity index is 238. The van der Waals surface area contributed by atoms with Crippen molar-refractivity contribution in [1.82, 2.24) is 0 Å². The fraction of sp³-hybridized carbons (Fsp3) is 0.333. The van der Waals surface area contributed by atoms with Gasteiger partial charge in [-0.1, -0.05) is 24.3 Å². The van der Waals surface area contributed by atoms with Gasteiger partial charge in [0.15, 0.2) is 0 Å². The lowest BCUT2D eigenvalue weighted by atomic mass is 10.0. The van der Waals surface area contributed by atoms with Crippen LogP contribution in [0.4, 0.5) is 13.2 Å². The van der Waals surface area contributed by atoms with E-state index in [0.717, 1.165) is 6.92 Å². The number of rotatable bonds is 1. The molecule has 65 valence electrons. The number of hydrogen-bond acceptors (Lipinski definition) is 0. The molecule has 0 N–H and O–H groups in total. The molecular weight excluding hydrogens is 165 g/mol. The van der Waals surface area contributed by atoms with Crippen molar-refractivity contribution in [2.45, 2.75) is 19.0 Å². The first kappa shape index (κ1) is 9.10. The first-order chi connectivity index (χ1) is 5.52. The maximum atomic E-state index is 12.1. The molecule has 0 spiro atoms. The Hall–Kier alpha value is -0.990. The van der Waals surface area contributed by atoms with Gasteiger partial charge in [0.1, 0.15) is 0 Å². The highest BCUT2D eigenvalue weighted by Crippen LogP contribution is 2.33. The molecule has 0 aliphatic heterocycles. The van der Waals surface area contributed by atoms with Crippen molar-refractivity contribution in [2.24, 2.45) is 0 Å². The van der Waals surface area contributed by atoms with E-state index in [9.17, 15) is 13.2 Å². The lowest BCUT2D eigenvalue weighted by Gasteiger charge is -2.15. The maximum Gasteiger partial charge on any atom is 0.395 e. The Kier molecular flexibility index (Phi) is 2.40. The monoisotopic (exact) mass is 173 g/mol. The van der Waals surface area contributed by atoms with Gasteiger partial charge in [-0.3, -0.25) is 0 Å². The Labute approximate surface area is 69.0 Å². The minimum Gasteiger partial charge on any atom is -0.170 e. The summed E-state index contributed by atoms with van der Waals surface area (Å²) in [4.78, 5) is 0. The summed E-state index contributed by atoms with van der Waals surface area (Å²) >= 11 is 0. The molecule has 1 aromatic rings. The van der Waals surface area contributed by atoms with Crippen LogP contribution in [0, 0.1) is 6.07 Å². The lowest BCUT2D eigenvalue weighted by molar-refractivity contribution is -0.146. The molecule has 1 radical (unpaired) electrons. The van der Waals surface area contributed by atoms with Crippen LogP contribution >= 0.6 is 0 Å². The molecule has 0 aliphatic rings. The van der Waals surface area contributed by atoms with Crippen molar-refractivity contribution in [3.8, 4) is 0 Å². The molecule has 0 unspecified atom stereocenters. The zero-order chi connectivity index (χ0) is 9.19. The Balaban J connectivity index is 2.86. The molecular formula is C9H8F3. The SMILES string of the molecule is C[C@H](c1c[c]ccc1)C(F)(F)F. The Morgan fingerprint density at radius 1 is 1.42 bits per heavy atom. The average Bonchev–Trinajstić information content (AvgIpc) is 2.03. The molecule has 0 aliphatic carbocycles. The van der Waals surface area contributed by atoms with Crippen LogP contribution in [0.5, 0.6) is 0 Å². The molecule has 3 heteroatoms. The molecule has 0 nitrogen and oxygen atoms in total. The molecule has 0 heterocycles. The van der Waals surface area contributed by atoms with Gasteiger partial charge in [0.05, 0.1) is 5.92 Å². The van der Waals surface area contributed by atoms with E-state index >= 15 is 0 Å². The molecule has 0 aromatic heterocycles. The summed E-state index contributed by atoms with van der Waals surface area (Å²) in [6.07, 6.45) is -4.16. The summed E-state index contributed by atoms with van der Waals surface area (Å²) in [7, 11) is 0. The van der Waals surface area contributed by atoms with Gasteiger partial charge < -0.3 is 0 Å². The van der Waals surface area contributed by atoms with E-state index in [4.69, 9.17) is 0 Å². The van der Waals surface area contributed by atoms with Gasteiger partial charge >= 0.3 is 6.18 Å². The van der Waals surface area contributed by atoms with E-state index in [1.807, 2.05) is 0 Å². The second-order valence-electron chi connectivity index (χ2n) is 2.60. The zero-order valence-corrected chi connectivity index (χ0v) is 6.52. The number of alkyl halides is 3. The van der Waals surface area contributed by atoms with Gasteiger partial charge in [0.2, 0.25) is 0 Å². The standard InChI is InChI=1S/C9H8F3/c1-7(9(10,11)12)8-5-3-2-4-6-8/h2-3,5-7H,1H3/t7-/m1/s1. The van der Waals surface area contributed by atoms with Crippen molar-refractivity contribution >= 4 is 0 Å². The molecule has 1 aromatic carbocycles.